The summed E-state index contributed by atoms with van der Waals surface area (Å²) in [5.74, 6) is 0.0186. The van der Waals surface area contributed by atoms with E-state index in [1.54, 1.807) is 0 Å². The van der Waals surface area contributed by atoms with Crippen LogP contribution in [0.5, 0.6) is 0 Å². The molecule has 2 atom stereocenters. The van der Waals surface area contributed by atoms with E-state index in [4.69, 9.17) is 4.99 Å². The topological polar surface area (TPSA) is 24.4 Å². The van der Waals surface area contributed by atoms with E-state index in [9.17, 15) is 4.39 Å². The van der Waals surface area contributed by atoms with Crippen molar-refractivity contribution in [2.45, 2.75) is 32.4 Å². The van der Waals surface area contributed by atoms with Crippen LogP contribution in [0.4, 0.5) is 10.1 Å². The first-order valence-electron chi connectivity index (χ1n) is 7.24. The van der Waals surface area contributed by atoms with Gasteiger partial charge in [-0.3, -0.25) is 4.99 Å². The number of hydrogen-bond donors (Lipinski definition) is 1. The van der Waals surface area contributed by atoms with Crippen LogP contribution >= 0.6 is 0 Å². The summed E-state index contributed by atoms with van der Waals surface area (Å²) >= 11 is 0. The second-order valence-electron chi connectivity index (χ2n) is 5.68. The number of fused-ring (bicyclic) bond motifs is 1. The third-order valence-corrected chi connectivity index (χ3v) is 3.84. The summed E-state index contributed by atoms with van der Waals surface area (Å²) in [5, 5.41) is 3.51. The Morgan fingerprint density at radius 2 is 1.81 bits per heavy atom. The van der Waals surface area contributed by atoms with Gasteiger partial charge in [-0.2, -0.15) is 0 Å². The van der Waals surface area contributed by atoms with Gasteiger partial charge in [-0.15, -0.1) is 0 Å². The molecule has 21 heavy (non-hydrogen) atoms. The smallest absolute Gasteiger partial charge is 0.125 e. The third kappa shape index (κ3) is 2.97. The summed E-state index contributed by atoms with van der Waals surface area (Å²) in [4.78, 5) is 4.73. The number of para-hydroxylation sites is 1. The van der Waals surface area contributed by atoms with Crippen molar-refractivity contribution in [1.82, 2.24) is 0 Å². The minimum atomic E-state index is -0.199. The molecule has 1 N–H and O–H groups in total. The van der Waals surface area contributed by atoms with Gasteiger partial charge in [0.05, 0.1) is 0 Å². The Labute approximate surface area is 124 Å². The highest BCUT2D eigenvalue weighted by Crippen LogP contribution is 2.35. The van der Waals surface area contributed by atoms with Gasteiger partial charge in [-0.05, 0) is 49.6 Å². The molecule has 0 bridgehead atoms. The van der Waals surface area contributed by atoms with Gasteiger partial charge >= 0.3 is 0 Å². The van der Waals surface area contributed by atoms with Crippen LogP contribution in [-0.2, 0) is 6.42 Å². The highest BCUT2D eigenvalue weighted by atomic mass is 19.1. The molecule has 2 aromatic carbocycles. The number of nitrogens with zero attached hydrogens (tertiary/aromatic N) is 1. The lowest BCUT2D eigenvalue weighted by Crippen LogP contribution is -2.32. The SMILES string of the molecule is CC(C)=NC1Nc2ccccc2CC1c1ccc(F)cc1. The Morgan fingerprint density at radius 3 is 2.52 bits per heavy atom. The molecule has 2 unspecified atom stereocenters. The summed E-state index contributed by atoms with van der Waals surface area (Å²) in [5.41, 5.74) is 4.59. The zero-order valence-electron chi connectivity index (χ0n) is 12.3. The molecule has 1 aliphatic heterocycles. The average Bonchev–Trinajstić information content (AvgIpc) is 2.47. The minimum absolute atomic E-state index is 0.00430. The lowest BCUT2D eigenvalue weighted by Gasteiger charge is -2.33. The van der Waals surface area contributed by atoms with Crippen molar-refractivity contribution in [3.8, 4) is 0 Å². The Morgan fingerprint density at radius 1 is 1.10 bits per heavy atom. The van der Waals surface area contributed by atoms with Gasteiger partial charge < -0.3 is 5.32 Å². The van der Waals surface area contributed by atoms with Crippen LogP contribution in [-0.4, -0.2) is 11.9 Å². The fourth-order valence-corrected chi connectivity index (χ4v) is 2.86. The maximum Gasteiger partial charge on any atom is 0.125 e. The normalized spacial score (nSPS) is 20.3. The maximum atomic E-state index is 13.2. The number of rotatable bonds is 2. The average molecular weight is 282 g/mol. The third-order valence-electron chi connectivity index (χ3n) is 3.84. The molecule has 2 nitrogen and oxygen atoms in total. The second kappa shape index (κ2) is 5.68. The summed E-state index contributed by atoms with van der Waals surface area (Å²) in [6.07, 6.45) is 0.909. The first-order valence-corrected chi connectivity index (χ1v) is 7.24. The molecule has 0 aliphatic carbocycles. The number of hydrogen-bond acceptors (Lipinski definition) is 2. The standard InChI is InChI=1S/C18H19FN2/c1-12(2)20-18-16(13-7-9-15(19)10-8-13)11-14-5-3-4-6-17(14)21-18/h3-10,16,18,21H,11H2,1-2H3. The van der Waals surface area contributed by atoms with Crippen LogP contribution < -0.4 is 5.32 Å². The van der Waals surface area contributed by atoms with Crippen molar-refractivity contribution in [1.29, 1.82) is 0 Å². The first kappa shape index (κ1) is 13.8. The molecule has 3 rings (SSSR count). The van der Waals surface area contributed by atoms with E-state index in [1.807, 2.05) is 32.0 Å². The van der Waals surface area contributed by atoms with Crippen LogP contribution in [0.3, 0.4) is 0 Å². The molecule has 108 valence electrons. The fourth-order valence-electron chi connectivity index (χ4n) is 2.86. The Kier molecular flexibility index (Phi) is 3.74. The molecule has 2 aromatic rings. The predicted octanol–water partition coefficient (Wildman–Crippen LogP) is 4.38. The van der Waals surface area contributed by atoms with E-state index >= 15 is 0 Å². The molecule has 0 saturated carbocycles. The van der Waals surface area contributed by atoms with Gasteiger partial charge in [0.25, 0.3) is 0 Å². The lowest BCUT2D eigenvalue weighted by atomic mass is 9.85. The van der Waals surface area contributed by atoms with Gasteiger partial charge in [-0.1, -0.05) is 30.3 Å². The summed E-state index contributed by atoms with van der Waals surface area (Å²) in [6, 6.07) is 15.1. The molecule has 0 radical (unpaired) electrons. The second-order valence-corrected chi connectivity index (χ2v) is 5.68. The van der Waals surface area contributed by atoms with Crippen molar-refractivity contribution < 1.29 is 4.39 Å². The van der Waals surface area contributed by atoms with Gasteiger partial charge in [-0.25, -0.2) is 4.39 Å². The van der Waals surface area contributed by atoms with Crippen LogP contribution in [0.15, 0.2) is 53.5 Å². The van der Waals surface area contributed by atoms with E-state index in [-0.39, 0.29) is 17.9 Å². The van der Waals surface area contributed by atoms with Crippen LogP contribution in [0.25, 0.3) is 0 Å². The molecule has 0 amide bonds. The molecule has 0 saturated heterocycles. The Bertz CT molecular complexity index is 657. The zero-order chi connectivity index (χ0) is 14.8. The van der Waals surface area contributed by atoms with Gasteiger partial charge in [0.2, 0.25) is 0 Å². The number of benzene rings is 2. The van der Waals surface area contributed by atoms with Crippen molar-refractivity contribution >= 4 is 11.4 Å². The first-order chi connectivity index (χ1) is 10.1. The van der Waals surface area contributed by atoms with Crippen molar-refractivity contribution in [2.24, 2.45) is 4.99 Å². The number of nitrogens with one attached hydrogen (secondary N) is 1. The number of anilines is 1. The minimum Gasteiger partial charge on any atom is -0.363 e. The highest BCUT2D eigenvalue weighted by molar-refractivity contribution is 5.79. The van der Waals surface area contributed by atoms with Gasteiger partial charge in [0.15, 0.2) is 0 Å². The van der Waals surface area contributed by atoms with E-state index in [0.717, 1.165) is 23.4 Å². The van der Waals surface area contributed by atoms with E-state index < -0.39 is 0 Å². The fraction of sp³-hybridized carbons (Fsp3) is 0.278. The molecule has 0 fully saturated rings. The molecular formula is C18H19FN2. The van der Waals surface area contributed by atoms with Gasteiger partial charge in [0.1, 0.15) is 12.0 Å². The van der Waals surface area contributed by atoms with Crippen molar-refractivity contribution in [2.75, 3.05) is 5.32 Å². The van der Waals surface area contributed by atoms with Crippen molar-refractivity contribution in [3.05, 3.63) is 65.5 Å². The molecule has 3 heteroatoms. The van der Waals surface area contributed by atoms with Crippen molar-refractivity contribution in [3.63, 3.8) is 0 Å². The molecule has 0 aromatic heterocycles. The maximum absolute atomic E-state index is 13.2. The lowest BCUT2D eigenvalue weighted by molar-refractivity contribution is 0.556. The highest BCUT2D eigenvalue weighted by Gasteiger charge is 2.28. The molecular weight excluding hydrogens is 263 g/mol. The monoisotopic (exact) mass is 282 g/mol. The quantitative estimate of drug-likeness (QED) is 0.812. The Balaban J connectivity index is 1.99. The summed E-state index contributed by atoms with van der Waals surface area (Å²) in [7, 11) is 0. The molecule has 1 heterocycles. The van der Waals surface area contributed by atoms with E-state index in [1.165, 1.54) is 17.7 Å². The predicted molar refractivity (Wildman–Crippen MR) is 85.5 cm³/mol. The largest absolute Gasteiger partial charge is 0.363 e. The number of aliphatic imine (C=N–C) groups is 1. The van der Waals surface area contributed by atoms with Crippen LogP contribution in [0.1, 0.15) is 30.9 Å². The van der Waals surface area contributed by atoms with E-state index in [2.05, 4.69) is 23.5 Å². The molecule has 1 aliphatic rings. The van der Waals surface area contributed by atoms with Crippen LogP contribution in [0.2, 0.25) is 0 Å². The van der Waals surface area contributed by atoms with E-state index in [0.29, 0.717) is 0 Å². The molecule has 0 spiro atoms. The Hall–Kier alpha value is -2.16. The summed E-state index contributed by atoms with van der Waals surface area (Å²) in [6.45, 7) is 4.01. The van der Waals surface area contributed by atoms with Crippen LogP contribution in [0, 0.1) is 5.82 Å². The number of halogens is 1. The van der Waals surface area contributed by atoms with Gasteiger partial charge in [0, 0.05) is 17.3 Å². The summed E-state index contributed by atoms with van der Waals surface area (Å²) < 4.78 is 13.2. The zero-order valence-corrected chi connectivity index (χ0v) is 12.3.